The Bertz CT molecular complexity index is 716. The summed E-state index contributed by atoms with van der Waals surface area (Å²) < 4.78 is 0. The lowest BCUT2D eigenvalue weighted by atomic mass is 9.44. The molecule has 0 unspecified atom stereocenters. The Morgan fingerprint density at radius 2 is 1.93 bits per heavy atom. The Labute approximate surface area is 181 Å². The second-order valence-corrected chi connectivity index (χ2v) is 10.8. The number of ketones is 1. The first kappa shape index (κ1) is 21.4. The summed E-state index contributed by atoms with van der Waals surface area (Å²) in [5.74, 6) is 3.06. The number of carbonyl (C=O) groups is 1. The molecule has 1 N–H and O–H groups in total. The SMILES string of the molecule is C=C1C[C@@H]2[C@H](CC[C@]3(C)C(=O)CC[C@@H]23)[C@@]2(C)CC/C(=N\O[C@@H]3CCNC3)C[C@H]12.Cl. The highest BCUT2D eigenvalue weighted by atomic mass is 35.5. The maximum atomic E-state index is 12.6. The number of fused-ring (bicyclic) bond motifs is 5. The zero-order valence-electron chi connectivity index (χ0n) is 18.0. The quantitative estimate of drug-likeness (QED) is 0.509. The van der Waals surface area contributed by atoms with Crippen molar-refractivity contribution < 1.29 is 9.63 Å². The molecule has 0 aromatic carbocycles. The molecule has 0 aromatic rings. The van der Waals surface area contributed by atoms with Gasteiger partial charge in [0.2, 0.25) is 0 Å². The van der Waals surface area contributed by atoms with Gasteiger partial charge in [0.05, 0.1) is 5.71 Å². The fraction of sp³-hybridized carbons (Fsp3) is 0.833. The van der Waals surface area contributed by atoms with E-state index in [9.17, 15) is 4.79 Å². The Morgan fingerprint density at radius 3 is 2.69 bits per heavy atom. The number of carbonyl (C=O) groups excluding carboxylic acids is 1. The molecule has 5 aliphatic rings. The highest BCUT2D eigenvalue weighted by Gasteiger charge is 2.60. The average molecular weight is 421 g/mol. The van der Waals surface area contributed by atoms with Crippen molar-refractivity contribution in [3.8, 4) is 0 Å². The zero-order valence-corrected chi connectivity index (χ0v) is 18.9. The minimum atomic E-state index is -0.0465. The zero-order chi connectivity index (χ0) is 19.5. The molecule has 5 fully saturated rings. The third kappa shape index (κ3) is 3.29. The summed E-state index contributed by atoms with van der Waals surface area (Å²) >= 11 is 0. The van der Waals surface area contributed by atoms with Crippen LogP contribution in [0.2, 0.25) is 0 Å². The average Bonchev–Trinajstić information content (AvgIpc) is 3.29. The van der Waals surface area contributed by atoms with E-state index in [0.29, 0.717) is 29.0 Å². The lowest BCUT2D eigenvalue weighted by Crippen LogP contribution is -2.54. The van der Waals surface area contributed by atoms with Crippen LogP contribution in [-0.2, 0) is 9.63 Å². The van der Waals surface area contributed by atoms with E-state index in [4.69, 9.17) is 4.84 Å². The number of rotatable bonds is 2. The van der Waals surface area contributed by atoms with Gasteiger partial charge in [-0.15, -0.1) is 12.4 Å². The standard InChI is InChI=1S/C24H36N2O2.ClH/c1-15-12-18-19-4-5-22(27)24(19,3)10-7-20(18)23(2)9-6-16(13-21(15)23)26-28-17-8-11-25-14-17;/h17-21,25H,1,4-14H2,2-3H3;1H/b26-16+;/t17-,18+,19+,20+,21-,23-,24+;/m1./s1. The summed E-state index contributed by atoms with van der Waals surface area (Å²) in [4.78, 5) is 18.5. The summed E-state index contributed by atoms with van der Waals surface area (Å²) in [6, 6.07) is 0. The first-order chi connectivity index (χ1) is 13.4. The molecular formula is C24H37ClN2O2. The maximum absolute atomic E-state index is 12.6. The van der Waals surface area contributed by atoms with Crippen LogP contribution in [0.15, 0.2) is 17.3 Å². The Morgan fingerprint density at radius 1 is 1.10 bits per heavy atom. The van der Waals surface area contributed by atoms with Crippen molar-refractivity contribution in [1.29, 1.82) is 0 Å². The van der Waals surface area contributed by atoms with Crippen molar-refractivity contribution in [1.82, 2.24) is 5.32 Å². The molecule has 4 nitrogen and oxygen atoms in total. The number of oxime groups is 1. The van der Waals surface area contributed by atoms with E-state index in [1.165, 1.54) is 24.1 Å². The van der Waals surface area contributed by atoms with E-state index in [-0.39, 0.29) is 23.9 Å². The molecule has 1 saturated heterocycles. The summed E-state index contributed by atoms with van der Waals surface area (Å²) in [6.45, 7) is 11.3. The van der Waals surface area contributed by atoms with Gasteiger partial charge in [-0.2, -0.15) is 0 Å². The predicted octanol–water partition coefficient (Wildman–Crippen LogP) is 4.92. The molecule has 1 heterocycles. The minimum Gasteiger partial charge on any atom is -0.391 e. The van der Waals surface area contributed by atoms with Crippen LogP contribution in [-0.4, -0.2) is 30.7 Å². The highest BCUT2D eigenvalue weighted by molar-refractivity contribution is 5.87. The Hall–Kier alpha value is -0.870. The highest BCUT2D eigenvalue weighted by Crippen LogP contribution is 2.66. The largest absolute Gasteiger partial charge is 0.391 e. The molecule has 0 radical (unpaired) electrons. The number of Topliss-reactive ketones (excluding diaryl/α,β-unsaturated/α-hetero) is 1. The van der Waals surface area contributed by atoms with Crippen LogP contribution >= 0.6 is 12.4 Å². The molecule has 1 aliphatic heterocycles. The van der Waals surface area contributed by atoms with Gasteiger partial charge in [-0.25, -0.2) is 0 Å². The number of nitrogens with zero attached hydrogens (tertiary/aromatic N) is 1. The summed E-state index contributed by atoms with van der Waals surface area (Å²) in [5.41, 5.74) is 2.93. The van der Waals surface area contributed by atoms with Crippen molar-refractivity contribution in [3.63, 3.8) is 0 Å². The Kier molecular flexibility index (Phi) is 5.65. The van der Waals surface area contributed by atoms with Crippen molar-refractivity contribution in [2.24, 2.45) is 39.7 Å². The molecule has 0 spiro atoms. The molecule has 4 saturated carbocycles. The first-order valence-corrected chi connectivity index (χ1v) is 11.5. The number of hydrogen-bond acceptors (Lipinski definition) is 4. The topological polar surface area (TPSA) is 50.7 Å². The molecule has 7 atom stereocenters. The van der Waals surface area contributed by atoms with Crippen molar-refractivity contribution in [2.75, 3.05) is 13.1 Å². The van der Waals surface area contributed by atoms with Crippen molar-refractivity contribution in [2.45, 2.75) is 77.7 Å². The molecule has 0 bridgehead atoms. The van der Waals surface area contributed by atoms with Gasteiger partial charge in [-0.1, -0.05) is 31.2 Å². The maximum Gasteiger partial charge on any atom is 0.141 e. The summed E-state index contributed by atoms with van der Waals surface area (Å²) in [6.07, 6.45) is 9.96. The Balaban J connectivity index is 0.00000205. The second kappa shape index (κ2) is 7.67. The van der Waals surface area contributed by atoms with E-state index in [1.54, 1.807) is 0 Å². The van der Waals surface area contributed by atoms with Gasteiger partial charge in [0, 0.05) is 24.8 Å². The normalized spacial score (nSPS) is 47.9. The van der Waals surface area contributed by atoms with Gasteiger partial charge in [-0.3, -0.25) is 4.79 Å². The molecule has 29 heavy (non-hydrogen) atoms. The van der Waals surface area contributed by atoms with Gasteiger partial charge >= 0.3 is 0 Å². The molecular weight excluding hydrogens is 384 g/mol. The second-order valence-electron chi connectivity index (χ2n) is 10.8. The van der Waals surface area contributed by atoms with E-state index in [1.807, 2.05) is 0 Å². The van der Waals surface area contributed by atoms with E-state index in [2.05, 4.69) is 30.9 Å². The van der Waals surface area contributed by atoms with Crippen LogP contribution in [0.5, 0.6) is 0 Å². The number of halogens is 1. The van der Waals surface area contributed by atoms with Gasteiger partial charge in [0.15, 0.2) is 0 Å². The first-order valence-electron chi connectivity index (χ1n) is 11.5. The molecule has 5 rings (SSSR count). The van der Waals surface area contributed by atoms with Gasteiger partial charge < -0.3 is 10.2 Å². The monoisotopic (exact) mass is 420 g/mol. The van der Waals surface area contributed by atoms with Crippen LogP contribution in [0.4, 0.5) is 0 Å². The fourth-order valence-corrected chi connectivity index (χ4v) is 7.77. The molecule has 0 amide bonds. The third-order valence-corrected chi connectivity index (χ3v) is 9.52. The lowest BCUT2D eigenvalue weighted by molar-refractivity contribution is -0.134. The van der Waals surface area contributed by atoms with Crippen molar-refractivity contribution in [3.05, 3.63) is 12.2 Å². The lowest BCUT2D eigenvalue weighted by Gasteiger charge is -2.60. The minimum absolute atomic E-state index is 0. The molecule has 0 aromatic heterocycles. The van der Waals surface area contributed by atoms with E-state index < -0.39 is 0 Å². The number of allylic oxidation sites excluding steroid dienone is 1. The summed E-state index contributed by atoms with van der Waals surface area (Å²) in [5, 5.41) is 7.93. The fourth-order valence-electron chi connectivity index (χ4n) is 7.77. The smallest absolute Gasteiger partial charge is 0.141 e. The third-order valence-electron chi connectivity index (χ3n) is 9.52. The molecule has 5 heteroatoms. The van der Waals surface area contributed by atoms with Crippen molar-refractivity contribution >= 4 is 23.9 Å². The van der Waals surface area contributed by atoms with Gasteiger partial charge in [0.25, 0.3) is 0 Å². The number of nitrogens with one attached hydrogen (secondary N) is 1. The predicted molar refractivity (Wildman–Crippen MR) is 118 cm³/mol. The van der Waals surface area contributed by atoms with Crippen LogP contribution in [0.3, 0.4) is 0 Å². The van der Waals surface area contributed by atoms with Gasteiger partial charge in [-0.05, 0) is 80.6 Å². The number of hydrogen-bond donors (Lipinski definition) is 1. The molecule has 4 aliphatic carbocycles. The van der Waals surface area contributed by atoms with E-state index >= 15 is 0 Å². The van der Waals surface area contributed by atoms with Crippen LogP contribution < -0.4 is 5.32 Å². The summed E-state index contributed by atoms with van der Waals surface area (Å²) in [7, 11) is 0. The van der Waals surface area contributed by atoms with Crippen LogP contribution in [0.25, 0.3) is 0 Å². The van der Waals surface area contributed by atoms with Crippen LogP contribution in [0, 0.1) is 34.5 Å². The van der Waals surface area contributed by atoms with E-state index in [0.717, 1.165) is 64.0 Å². The van der Waals surface area contributed by atoms with Crippen LogP contribution in [0.1, 0.15) is 71.6 Å². The molecule has 162 valence electrons. The van der Waals surface area contributed by atoms with Gasteiger partial charge in [0.1, 0.15) is 11.9 Å².